The Labute approximate surface area is 187 Å². The average molecular weight is 479 g/mol. The summed E-state index contributed by atoms with van der Waals surface area (Å²) < 4.78 is 17.7. The van der Waals surface area contributed by atoms with Crippen LogP contribution >= 0.6 is 15.9 Å². The van der Waals surface area contributed by atoms with Gasteiger partial charge in [-0.2, -0.15) is 0 Å². The molecule has 2 rings (SSSR count). The molecule has 1 N–H and O–H groups in total. The molecule has 2 aromatic carbocycles. The van der Waals surface area contributed by atoms with Gasteiger partial charge >= 0.3 is 5.97 Å². The summed E-state index contributed by atoms with van der Waals surface area (Å²) in [5, 5.41) is 9.77. The number of aryl methyl sites for hydroxylation is 1. The molecule has 1 unspecified atom stereocenters. The van der Waals surface area contributed by atoms with E-state index < -0.39 is 11.9 Å². The van der Waals surface area contributed by atoms with Crippen LogP contribution in [0.2, 0.25) is 0 Å². The smallest absolute Gasteiger partial charge is 0.306 e. The zero-order chi connectivity index (χ0) is 22.3. The molecular weight excluding hydrogens is 448 g/mol. The third-order valence-electron chi connectivity index (χ3n) is 4.59. The highest BCUT2D eigenvalue weighted by Gasteiger charge is 2.21. The van der Waals surface area contributed by atoms with Crippen molar-refractivity contribution in [2.45, 2.75) is 59.2 Å². The van der Waals surface area contributed by atoms with Gasteiger partial charge < -0.3 is 19.3 Å². The Morgan fingerprint density at radius 2 is 1.63 bits per heavy atom. The summed E-state index contributed by atoms with van der Waals surface area (Å²) in [6.45, 7) is 7.86. The van der Waals surface area contributed by atoms with Crippen molar-refractivity contribution in [2.75, 3.05) is 7.11 Å². The molecule has 0 fully saturated rings. The molecule has 0 aromatic heterocycles. The van der Waals surface area contributed by atoms with Crippen molar-refractivity contribution in [1.82, 2.24) is 0 Å². The summed E-state index contributed by atoms with van der Waals surface area (Å²) in [4.78, 5) is 11.9. The molecule has 0 aliphatic carbocycles. The minimum absolute atomic E-state index is 0.00848. The zero-order valence-corrected chi connectivity index (χ0v) is 19.9. The highest BCUT2D eigenvalue weighted by molar-refractivity contribution is 9.10. The fraction of sp³-hybridized carbons (Fsp3) is 0.458. The number of ether oxygens (including phenoxy) is 3. The van der Waals surface area contributed by atoms with E-state index >= 15 is 0 Å². The van der Waals surface area contributed by atoms with Gasteiger partial charge in [0, 0.05) is 4.47 Å². The normalized spacial score (nSPS) is 12.1. The number of benzene rings is 2. The van der Waals surface area contributed by atoms with Crippen molar-refractivity contribution < 1.29 is 24.1 Å². The molecule has 0 radical (unpaired) electrons. The maximum Gasteiger partial charge on any atom is 0.306 e. The monoisotopic (exact) mass is 478 g/mol. The first-order valence-electron chi connectivity index (χ1n) is 10.2. The minimum atomic E-state index is -0.802. The van der Waals surface area contributed by atoms with E-state index in [1.165, 1.54) is 0 Å². The average Bonchev–Trinajstić information content (AvgIpc) is 2.67. The Balaban J connectivity index is 2.11. The van der Waals surface area contributed by atoms with Gasteiger partial charge in [0.05, 0.1) is 25.2 Å². The number of methoxy groups -OCH3 is 1. The molecule has 30 heavy (non-hydrogen) atoms. The Hall–Kier alpha value is -2.21. The van der Waals surface area contributed by atoms with Gasteiger partial charge in [-0.05, 0) is 82.3 Å². The van der Waals surface area contributed by atoms with E-state index in [0.29, 0.717) is 30.8 Å². The van der Waals surface area contributed by atoms with Crippen LogP contribution in [0.1, 0.15) is 45.2 Å². The summed E-state index contributed by atoms with van der Waals surface area (Å²) in [5.74, 6) is 0.755. The number of rotatable bonds is 11. The number of hydrogen-bond acceptors (Lipinski definition) is 4. The van der Waals surface area contributed by atoms with Crippen LogP contribution in [-0.4, -0.2) is 30.4 Å². The van der Waals surface area contributed by atoms with Crippen molar-refractivity contribution in [3.63, 3.8) is 0 Å². The Morgan fingerprint density at radius 1 is 1.00 bits per heavy atom. The maximum absolute atomic E-state index is 11.9. The van der Waals surface area contributed by atoms with Crippen molar-refractivity contribution in [2.24, 2.45) is 5.92 Å². The van der Waals surface area contributed by atoms with E-state index in [9.17, 15) is 9.90 Å². The number of carbonyl (C=O) groups is 1. The van der Waals surface area contributed by atoms with Crippen LogP contribution in [0.3, 0.4) is 0 Å². The van der Waals surface area contributed by atoms with Crippen LogP contribution in [0.15, 0.2) is 40.9 Å². The fourth-order valence-electron chi connectivity index (χ4n) is 3.17. The van der Waals surface area contributed by atoms with E-state index in [1.54, 1.807) is 7.11 Å². The summed E-state index contributed by atoms with van der Waals surface area (Å²) in [6.07, 6.45) is 1.74. The Kier molecular flexibility index (Phi) is 9.03. The Bertz CT molecular complexity index is 830. The van der Waals surface area contributed by atoms with Crippen LogP contribution in [0.25, 0.3) is 0 Å². The van der Waals surface area contributed by atoms with E-state index in [0.717, 1.165) is 21.3 Å². The van der Waals surface area contributed by atoms with Crippen molar-refractivity contribution in [1.29, 1.82) is 0 Å². The second-order valence-electron chi connectivity index (χ2n) is 7.85. The topological polar surface area (TPSA) is 65.0 Å². The van der Waals surface area contributed by atoms with Crippen molar-refractivity contribution in [3.8, 4) is 17.2 Å². The van der Waals surface area contributed by atoms with Gasteiger partial charge in [-0.3, -0.25) is 4.79 Å². The highest BCUT2D eigenvalue weighted by atomic mass is 79.9. The largest absolute Gasteiger partial charge is 0.493 e. The van der Waals surface area contributed by atoms with Gasteiger partial charge in [-0.15, -0.1) is 0 Å². The third kappa shape index (κ3) is 7.24. The molecule has 164 valence electrons. The lowest BCUT2D eigenvalue weighted by Crippen LogP contribution is -2.18. The lowest BCUT2D eigenvalue weighted by molar-refractivity contribution is -0.141. The second kappa shape index (κ2) is 11.3. The first-order chi connectivity index (χ1) is 14.2. The number of aliphatic carboxylic acids is 1. The molecule has 6 heteroatoms. The molecule has 5 nitrogen and oxygen atoms in total. The van der Waals surface area contributed by atoms with Crippen molar-refractivity contribution in [3.05, 3.63) is 52.0 Å². The lowest BCUT2D eigenvalue weighted by Gasteiger charge is -2.18. The SMILES string of the molecule is COc1cc(Br)c(CC(CCc2ccc(OC(C)C)cc2)C(=O)O)cc1OC(C)C. The van der Waals surface area contributed by atoms with Crippen LogP contribution in [0, 0.1) is 5.92 Å². The summed E-state index contributed by atoms with van der Waals surface area (Å²) in [6, 6.07) is 11.6. The van der Waals surface area contributed by atoms with Gasteiger partial charge in [0.2, 0.25) is 0 Å². The van der Waals surface area contributed by atoms with Crippen LogP contribution < -0.4 is 14.2 Å². The third-order valence-corrected chi connectivity index (χ3v) is 5.33. The van der Waals surface area contributed by atoms with Gasteiger partial charge in [0.15, 0.2) is 11.5 Å². The molecular formula is C24H31BrO5. The number of hydrogen-bond donors (Lipinski definition) is 1. The molecule has 0 aliphatic heterocycles. The van der Waals surface area contributed by atoms with E-state index in [-0.39, 0.29) is 12.2 Å². The number of carboxylic acid groups (broad SMARTS) is 1. The van der Waals surface area contributed by atoms with Crippen LogP contribution in [-0.2, 0) is 17.6 Å². The molecule has 0 spiro atoms. The zero-order valence-electron chi connectivity index (χ0n) is 18.3. The molecule has 0 heterocycles. The van der Waals surface area contributed by atoms with Gasteiger partial charge in [0.25, 0.3) is 0 Å². The molecule has 2 aromatic rings. The van der Waals surface area contributed by atoms with Crippen LogP contribution in [0.4, 0.5) is 0 Å². The van der Waals surface area contributed by atoms with Gasteiger partial charge in [-0.25, -0.2) is 0 Å². The molecule has 0 aliphatic rings. The van der Waals surface area contributed by atoms with E-state index in [1.807, 2.05) is 64.1 Å². The summed E-state index contributed by atoms with van der Waals surface area (Å²) in [7, 11) is 1.59. The molecule has 0 amide bonds. The predicted octanol–water partition coefficient (Wildman–Crippen LogP) is 5.91. The van der Waals surface area contributed by atoms with Crippen LogP contribution in [0.5, 0.6) is 17.2 Å². The quantitative estimate of drug-likeness (QED) is 0.434. The van der Waals surface area contributed by atoms with Gasteiger partial charge in [0.1, 0.15) is 5.75 Å². The van der Waals surface area contributed by atoms with Gasteiger partial charge in [-0.1, -0.05) is 28.1 Å². The number of halogens is 1. The van der Waals surface area contributed by atoms with E-state index in [4.69, 9.17) is 14.2 Å². The standard InChI is InChI=1S/C24H31BrO5/c1-15(2)29-20-10-7-17(8-11-20)6-9-18(24(26)27)12-19-13-23(30-16(3)4)22(28-5)14-21(19)25/h7-8,10-11,13-16,18H,6,9,12H2,1-5H3,(H,26,27). The number of carboxylic acids is 1. The van der Waals surface area contributed by atoms with E-state index in [2.05, 4.69) is 15.9 Å². The predicted molar refractivity (Wildman–Crippen MR) is 122 cm³/mol. The molecule has 0 bridgehead atoms. The molecule has 1 atom stereocenters. The minimum Gasteiger partial charge on any atom is -0.493 e. The molecule has 0 saturated carbocycles. The molecule has 0 saturated heterocycles. The second-order valence-corrected chi connectivity index (χ2v) is 8.70. The maximum atomic E-state index is 11.9. The Morgan fingerprint density at radius 3 is 2.17 bits per heavy atom. The first kappa shape index (κ1) is 24.1. The first-order valence-corrected chi connectivity index (χ1v) is 11.0. The van der Waals surface area contributed by atoms with Crippen molar-refractivity contribution >= 4 is 21.9 Å². The highest BCUT2D eigenvalue weighted by Crippen LogP contribution is 2.35. The lowest BCUT2D eigenvalue weighted by atomic mass is 9.92. The summed E-state index contributed by atoms with van der Waals surface area (Å²) >= 11 is 3.55. The summed E-state index contributed by atoms with van der Waals surface area (Å²) in [5.41, 5.74) is 1.98. The fourth-order valence-corrected chi connectivity index (χ4v) is 3.65.